The molecule has 1 aromatic carbocycles. The Hall–Kier alpha value is -2.60. The van der Waals surface area contributed by atoms with Crippen molar-refractivity contribution < 1.29 is 14.1 Å². The van der Waals surface area contributed by atoms with Gasteiger partial charge in [-0.3, -0.25) is 4.90 Å². The summed E-state index contributed by atoms with van der Waals surface area (Å²) in [4.78, 5) is 17.3. The van der Waals surface area contributed by atoms with Crippen LogP contribution in [0, 0.1) is 6.92 Å². The fraction of sp³-hybridized carbons (Fsp3) is 0.294. The smallest absolute Gasteiger partial charge is 0.354 e. The van der Waals surface area contributed by atoms with E-state index in [9.17, 15) is 4.79 Å². The molecule has 2 heterocycles. The molecule has 0 bridgehead atoms. The highest BCUT2D eigenvalue weighted by atomic mass is 16.5. The van der Waals surface area contributed by atoms with Gasteiger partial charge in [0.2, 0.25) is 0 Å². The van der Waals surface area contributed by atoms with E-state index in [1.807, 2.05) is 44.3 Å². The summed E-state index contributed by atoms with van der Waals surface area (Å²) < 4.78 is 9.99. The average molecular weight is 313 g/mol. The first-order valence-corrected chi connectivity index (χ1v) is 7.37. The number of hydrogen-bond acceptors (Lipinski definition) is 5. The second-order valence-electron chi connectivity index (χ2n) is 5.62. The number of carbonyl (C=O) groups is 1. The lowest BCUT2D eigenvalue weighted by Gasteiger charge is -2.15. The summed E-state index contributed by atoms with van der Waals surface area (Å²) in [5.74, 6) is 0.428. The van der Waals surface area contributed by atoms with Gasteiger partial charge in [0, 0.05) is 35.6 Å². The number of H-pyrrole nitrogens is 1. The second-order valence-corrected chi connectivity index (χ2v) is 5.62. The largest absolute Gasteiger partial charge is 0.464 e. The van der Waals surface area contributed by atoms with Crippen LogP contribution in [0.1, 0.15) is 27.5 Å². The number of fused-ring (bicyclic) bond motifs is 1. The third-order valence-corrected chi connectivity index (χ3v) is 3.74. The molecule has 23 heavy (non-hydrogen) atoms. The first kappa shape index (κ1) is 15.3. The van der Waals surface area contributed by atoms with Crippen LogP contribution in [0.3, 0.4) is 0 Å². The number of aryl methyl sites for hydroxylation is 1. The fourth-order valence-corrected chi connectivity index (χ4v) is 2.74. The van der Waals surface area contributed by atoms with E-state index in [-0.39, 0.29) is 5.97 Å². The number of aromatic amines is 1. The van der Waals surface area contributed by atoms with Gasteiger partial charge in [-0.05, 0) is 20.0 Å². The van der Waals surface area contributed by atoms with Gasteiger partial charge in [-0.15, -0.1) is 0 Å². The van der Waals surface area contributed by atoms with Crippen LogP contribution in [0.25, 0.3) is 10.9 Å². The van der Waals surface area contributed by atoms with Gasteiger partial charge < -0.3 is 14.2 Å². The van der Waals surface area contributed by atoms with E-state index in [4.69, 9.17) is 9.26 Å². The highest BCUT2D eigenvalue weighted by molar-refractivity contribution is 5.98. The van der Waals surface area contributed by atoms with Gasteiger partial charge in [0.25, 0.3) is 0 Å². The Bertz CT molecular complexity index is 835. The highest BCUT2D eigenvalue weighted by Crippen LogP contribution is 2.24. The number of esters is 1. The van der Waals surface area contributed by atoms with Crippen molar-refractivity contribution >= 4 is 16.9 Å². The molecule has 1 N–H and O–H groups in total. The molecule has 0 amide bonds. The zero-order valence-corrected chi connectivity index (χ0v) is 13.4. The van der Waals surface area contributed by atoms with Gasteiger partial charge in [-0.2, -0.15) is 0 Å². The number of benzene rings is 1. The van der Waals surface area contributed by atoms with E-state index in [2.05, 4.69) is 15.0 Å². The minimum atomic E-state index is -0.359. The number of hydrogen-bond donors (Lipinski definition) is 1. The molecule has 0 spiro atoms. The minimum absolute atomic E-state index is 0.359. The molecule has 0 aliphatic heterocycles. The minimum Gasteiger partial charge on any atom is -0.464 e. The molecule has 0 unspecified atom stereocenters. The van der Waals surface area contributed by atoms with Crippen LogP contribution in [0.15, 0.2) is 34.9 Å². The maximum atomic E-state index is 12.0. The number of para-hydroxylation sites is 1. The quantitative estimate of drug-likeness (QED) is 0.733. The molecule has 3 rings (SSSR count). The summed E-state index contributed by atoms with van der Waals surface area (Å²) in [5, 5.41) is 5.03. The van der Waals surface area contributed by atoms with E-state index in [1.54, 1.807) is 0 Å². The van der Waals surface area contributed by atoms with Gasteiger partial charge >= 0.3 is 5.97 Å². The molecule has 0 aliphatic rings. The summed E-state index contributed by atoms with van der Waals surface area (Å²) in [6.45, 7) is 3.10. The predicted molar refractivity (Wildman–Crippen MR) is 86.0 cm³/mol. The van der Waals surface area contributed by atoms with Gasteiger partial charge in [0.05, 0.1) is 12.8 Å². The van der Waals surface area contributed by atoms with Crippen molar-refractivity contribution in [3.63, 3.8) is 0 Å². The summed E-state index contributed by atoms with van der Waals surface area (Å²) >= 11 is 0. The Morgan fingerprint density at radius 2 is 2.13 bits per heavy atom. The van der Waals surface area contributed by atoms with Crippen molar-refractivity contribution in [2.45, 2.75) is 20.0 Å². The van der Waals surface area contributed by atoms with Crippen LogP contribution in [0.2, 0.25) is 0 Å². The standard InChI is InChI=1S/C17H19N3O3/c1-11-8-12(19-23-11)9-20(2)10-14-13-6-4-5-7-15(13)18-16(14)17(21)22-3/h4-8,18H,9-10H2,1-3H3. The van der Waals surface area contributed by atoms with E-state index in [1.165, 1.54) is 7.11 Å². The topological polar surface area (TPSA) is 71.4 Å². The zero-order valence-electron chi connectivity index (χ0n) is 13.4. The molecule has 6 nitrogen and oxygen atoms in total. The number of aromatic nitrogens is 2. The van der Waals surface area contributed by atoms with Crippen LogP contribution in [-0.4, -0.2) is 35.2 Å². The zero-order chi connectivity index (χ0) is 16.4. The van der Waals surface area contributed by atoms with Crippen molar-refractivity contribution in [3.05, 3.63) is 53.0 Å². The fourth-order valence-electron chi connectivity index (χ4n) is 2.74. The van der Waals surface area contributed by atoms with Crippen molar-refractivity contribution in [3.8, 4) is 0 Å². The Labute approximate surface area is 134 Å². The van der Waals surface area contributed by atoms with E-state index < -0.39 is 0 Å². The summed E-state index contributed by atoms with van der Waals surface area (Å²) in [5.41, 5.74) is 3.21. The Morgan fingerprint density at radius 1 is 1.35 bits per heavy atom. The van der Waals surface area contributed by atoms with Crippen molar-refractivity contribution in [1.29, 1.82) is 0 Å². The molecule has 3 aromatic rings. The Kier molecular flexibility index (Phi) is 4.16. The molecule has 0 fully saturated rings. The first-order valence-electron chi connectivity index (χ1n) is 7.37. The van der Waals surface area contributed by atoms with E-state index >= 15 is 0 Å². The van der Waals surface area contributed by atoms with Gasteiger partial charge in [0.1, 0.15) is 11.5 Å². The molecule has 0 aliphatic carbocycles. The number of ether oxygens (including phenoxy) is 1. The lowest BCUT2D eigenvalue weighted by Crippen LogP contribution is -2.19. The Balaban J connectivity index is 1.89. The number of nitrogens with one attached hydrogen (secondary N) is 1. The van der Waals surface area contributed by atoms with Gasteiger partial charge in [-0.1, -0.05) is 23.4 Å². The maximum Gasteiger partial charge on any atom is 0.354 e. The van der Waals surface area contributed by atoms with Crippen LogP contribution in [0.5, 0.6) is 0 Å². The maximum absolute atomic E-state index is 12.0. The molecule has 6 heteroatoms. The summed E-state index contributed by atoms with van der Waals surface area (Å²) in [6.07, 6.45) is 0. The molecule has 0 atom stereocenters. The third kappa shape index (κ3) is 3.12. The lowest BCUT2D eigenvalue weighted by molar-refractivity contribution is 0.0593. The summed E-state index contributed by atoms with van der Waals surface area (Å²) in [6, 6.07) is 9.76. The monoisotopic (exact) mass is 313 g/mol. The van der Waals surface area contributed by atoms with Crippen LogP contribution >= 0.6 is 0 Å². The van der Waals surface area contributed by atoms with Crippen LogP contribution in [0.4, 0.5) is 0 Å². The molecule has 120 valence electrons. The lowest BCUT2D eigenvalue weighted by atomic mass is 10.1. The SMILES string of the molecule is COC(=O)c1[nH]c2ccccc2c1CN(C)Cc1cc(C)on1. The van der Waals surface area contributed by atoms with Gasteiger partial charge in [-0.25, -0.2) is 4.79 Å². The van der Waals surface area contributed by atoms with Crippen LogP contribution < -0.4 is 0 Å². The Morgan fingerprint density at radius 3 is 2.83 bits per heavy atom. The number of carbonyl (C=O) groups excluding carboxylic acids is 1. The number of methoxy groups -OCH3 is 1. The normalized spacial score (nSPS) is 11.3. The first-order chi connectivity index (χ1) is 11.1. The summed E-state index contributed by atoms with van der Waals surface area (Å²) in [7, 11) is 3.37. The molecule has 0 radical (unpaired) electrons. The van der Waals surface area contributed by atoms with E-state index in [0.717, 1.165) is 27.9 Å². The molecular formula is C17H19N3O3. The van der Waals surface area contributed by atoms with Crippen molar-refractivity contribution in [2.24, 2.45) is 0 Å². The molecule has 0 saturated carbocycles. The second kappa shape index (κ2) is 6.26. The van der Waals surface area contributed by atoms with Crippen molar-refractivity contribution in [2.75, 3.05) is 14.2 Å². The van der Waals surface area contributed by atoms with Gasteiger partial charge in [0.15, 0.2) is 0 Å². The average Bonchev–Trinajstić information content (AvgIpc) is 3.11. The molecule has 0 saturated heterocycles. The highest BCUT2D eigenvalue weighted by Gasteiger charge is 2.19. The predicted octanol–water partition coefficient (Wildman–Crippen LogP) is 2.88. The number of nitrogens with zero attached hydrogens (tertiary/aromatic N) is 2. The number of rotatable bonds is 5. The van der Waals surface area contributed by atoms with Crippen LogP contribution in [-0.2, 0) is 17.8 Å². The third-order valence-electron chi connectivity index (χ3n) is 3.74. The van der Waals surface area contributed by atoms with E-state index in [0.29, 0.717) is 18.8 Å². The van der Waals surface area contributed by atoms with Crippen molar-refractivity contribution in [1.82, 2.24) is 15.0 Å². The molecule has 2 aromatic heterocycles. The molecular weight excluding hydrogens is 294 g/mol.